The summed E-state index contributed by atoms with van der Waals surface area (Å²) in [6, 6.07) is 6.39. The standard InChI is InChI=1S/C17H15I/c1-14-15-8-3-2-4-12-17(18)13-6-5-9-16(14)11-7-10-15/h2-13H,1H3/b4-2-,8-3+,9-5-,13-6+,17-12-. The molecule has 0 radical (unpaired) electrons. The Hall–Kier alpha value is -1.35. The van der Waals surface area contributed by atoms with Crippen LogP contribution in [0.4, 0.5) is 0 Å². The summed E-state index contributed by atoms with van der Waals surface area (Å²) in [5, 5.41) is 0. The van der Waals surface area contributed by atoms with Crippen molar-refractivity contribution in [3.63, 3.8) is 0 Å². The number of allylic oxidation sites excluding steroid dienone is 8. The first-order chi connectivity index (χ1) is 8.77. The predicted molar refractivity (Wildman–Crippen MR) is 89.6 cm³/mol. The van der Waals surface area contributed by atoms with Crippen LogP contribution in [-0.4, -0.2) is 0 Å². The maximum Gasteiger partial charge on any atom is 0.0130 e. The third kappa shape index (κ3) is 3.57. The van der Waals surface area contributed by atoms with Crippen molar-refractivity contribution in [2.75, 3.05) is 0 Å². The molecule has 90 valence electrons. The van der Waals surface area contributed by atoms with Gasteiger partial charge in [-0.3, -0.25) is 0 Å². The van der Waals surface area contributed by atoms with E-state index in [-0.39, 0.29) is 0 Å². The van der Waals surface area contributed by atoms with Crippen molar-refractivity contribution in [2.24, 2.45) is 0 Å². The topological polar surface area (TPSA) is 0 Å². The maximum atomic E-state index is 2.32. The summed E-state index contributed by atoms with van der Waals surface area (Å²) in [6.45, 7) is 2.16. The molecule has 0 nitrogen and oxygen atoms in total. The molecule has 0 saturated carbocycles. The Morgan fingerprint density at radius 1 is 0.778 bits per heavy atom. The van der Waals surface area contributed by atoms with Gasteiger partial charge >= 0.3 is 0 Å². The van der Waals surface area contributed by atoms with Crippen molar-refractivity contribution >= 4 is 34.7 Å². The van der Waals surface area contributed by atoms with Crippen LogP contribution < -0.4 is 0 Å². The fourth-order valence-electron chi connectivity index (χ4n) is 1.77. The van der Waals surface area contributed by atoms with E-state index < -0.39 is 0 Å². The molecule has 0 aliphatic heterocycles. The van der Waals surface area contributed by atoms with Gasteiger partial charge in [0.15, 0.2) is 0 Å². The maximum absolute atomic E-state index is 2.32. The van der Waals surface area contributed by atoms with E-state index in [0.717, 1.165) is 0 Å². The molecule has 0 fully saturated rings. The van der Waals surface area contributed by atoms with E-state index in [1.807, 2.05) is 0 Å². The molecule has 0 saturated heterocycles. The first kappa shape index (κ1) is 13.1. The van der Waals surface area contributed by atoms with Crippen molar-refractivity contribution in [2.45, 2.75) is 6.92 Å². The molecule has 0 N–H and O–H groups in total. The van der Waals surface area contributed by atoms with Crippen LogP contribution in [-0.2, 0) is 0 Å². The molecule has 0 heterocycles. The summed E-state index contributed by atoms with van der Waals surface area (Å²) in [6.07, 6.45) is 18.9. The highest BCUT2D eigenvalue weighted by Gasteiger charge is 1.97. The third-order valence-electron chi connectivity index (χ3n) is 2.81. The van der Waals surface area contributed by atoms with E-state index in [1.54, 1.807) is 0 Å². The van der Waals surface area contributed by atoms with E-state index in [4.69, 9.17) is 0 Å². The van der Waals surface area contributed by atoms with Crippen molar-refractivity contribution in [1.82, 2.24) is 0 Å². The molecule has 1 aromatic rings. The van der Waals surface area contributed by atoms with Crippen LogP contribution in [0.25, 0.3) is 12.2 Å². The van der Waals surface area contributed by atoms with Gasteiger partial charge in [0, 0.05) is 3.58 Å². The van der Waals surface area contributed by atoms with Gasteiger partial charge in [-0.2, -0.15) is 0 Å². The first-order valence-corrected chi connectivity index (χ1v) is 7.00. The predicted octanol–water partition coefficient (Wildman–Crippen LogP) is 5.47. The van der Waals surface area contributed by atoms with Gasteiger partial charge in [-0.05, 0) is 58.4 Å². The molecule has 1 heteroatoms. The summed E-state index contributed by atoms with van der Waals surface area (Å²) in [5.41, 5.74) is 3.85. The van der Waals surface area contributed by atoms with Gasteiger partial charge in [-0.15, -0.1) is 0 Å². The summed E-state index contributed by atoms with van der Waals surface area (Å²) >= 11 is 2.32. The molecule has 2 rings (SSSR count). The van der Waals surface area contributed by atoms with E-state index >= 15 is 0 Å². The lowest BCUT2D eigenvalue weighted by molar-refractivity contribution is 1.42. The number of hydrogen-bond donors (Lipinski definition) is 0. The Balaban J connectivity index is 2.47. The van der Waals surface area contributed by atoms with E-state index in [9.17, 15) is 0 Å². The Kier molecular flexibility index (Phi) is 4.76. The second-order valence-corrected chi connectivity index (χ2v) is 5.32. The molecule has 2 bridgehead atoms. The van der Waals surface area contributed by atoms with E-state index in [1.165, 1.54) is 20.3 Å². The summed E-state index contributed by atoms with van der Waals surface area (Å²) in [7, 11) is 0. The molecule has 0 aromatic heterocycles. The first-order valence-electron chi connectivity index (χ1n) is 5.92. The molecule has 0 unspecified atom stereocenters. The van der Waals surface area contributed by atoms with Crippen molar-refractivity contribution in [1.29, 1.82) is 0 Å². The molecule has 18 heavy (non-hydrogen) atoms. The highest BCUT2D eigenvalue weighted by Crippen LogP contribution is 2.17. The molecule has 0 spiro atoms. The quantitative estimate of drug-likeness (QED) is 0.547. The normalized spacial score (nSPS) is 24.7. The smallest absolute Gasteiger partial charge is 0.0130 e. The van der Waals surface area contributed by atoms with Crippen LogP contribution in [0.5, 0.6) is 0 Å². The molecular weight excluding hydrogens is 331 g/mol. The van der Waals surface area contributed by atoms with Gasteiger partial charge in [0.1, 0.15) is 0 Å². The van der Waals surface area contributed by atoms with Gasteiger partial charge in [0.2, 0.25) is 0 Å². The zero-order valence-corrected chi connectivity index (χ0v) is 12.5. The molecule has 1 aliphatic carbocycles. The number of fused-ring (bicyclic) bond motifs is 2. The Morgan fingerprint density at radius 3 is 2.11 bits per heavy atom. The zero-order chi connectivity index (χ0) is 12.8. The van der Waals surface area contributed by atoms with Crippen LogP contribution in [0.3, 0.4) is 0 Å². The van der Waals surface area contributed by atoms with Gasteiger partial charge < -0.3 is 0 Å². The minimum atomic E-state index is 1.21. The lowest BCUT2D eigenvalue weighted by atomic mass is 10.0. The Morgan fingerprint density at radius 2 is 1.39 bits per heavy atom. The highest BCUT2D eigenvalue weighted by molar-refractivity contribution is 14.1. The second-order valence-electron chi connectivity index (χ2n) is 4.08. The number of hydrogen-bond acceptors (Lipinski definition) is 0. The average molecular weight is 346 g/mol. The van der Waals surface area contributed by atoms with E-state index in [0.29, 0.717) is 0 Å². The number of halogens is 1. The van der Waals surface area contributed by atoms with Crippen molar-refractivity contribution in [3.05, 3.63) is 81.0 Å². The molecule has 0 amide bonds. The van der Waals surface area contributed by atoms with Gasteiger partial charge in [-0.25, -0.2) is 0 Å². The van der Waals surface area contributed by atoms with Crippen LogP contribution in [0.2, 0.25) is 0 Å². The molecular formula is C17H15I. The van der Waals surface area contributed by atoms with Crippen molar-refractivity contribution < 1.29 is 0 Å². The summed E-state index contributed by atoms with van der Waals surface area (Å²) < 4.78 is 1.21. The lowest BCUT2D eigenvalue weighted by Gasteiger charge is -2.04. The van der Waals surface area contributed by atoms with Crippen LogP contribution in [0.1, 0.15) is 16.7 Å². The van der Waals surface area contributed by atoms with Gasteiger partial charge in [-0.1, -0.05) is 60.7 Å². The average Bonchev–Trinajstić information content (AvgIpc) is 2.37. The molecule has 0 atom stereocenters. The third-order valence-corrected chi connectivity index (χ3v) is 3.53. The Labute approximate surface area is 122 Å². The van der Waals surface area contributed by atoms with Crippen LogP contribution in [0.15, 0.2) is 64.3 Å². The SMILES string of the molecule is Cc1c2cccc1/C=C/C=C\C=C(I)\C=C\C=C/2. The minimum Gasteiger partial charge on any atom is -0.0622 e. The van der Waals surface area contributed by atoms with Gasteiger partial charge in [0.25, 0.3) is 0 Å². The Bertz CT molecular complexity index is 569. The minimum absolute atomic E-state index is 1.21. The summed E-state index contributed by atoms with van der Waals surface area (Å²) in [4.78, 5) is 0. The lowest BCUT2D eigenvalue weighted by Crippen LogP contribution is -1.84. The molecule has 1 aromatic carbocycles. The second kappa shape index (κ2) is 6.55. The van der Waals surface area contributed by atoms with Gasteiger partial charge in [0.05, 0.1) is 0 Å². The fourth-order valence-corrected chi connectivity index (χ4v) is 2.18. The number of rotatable bonds is 0. The fraction of sp³-hybridized carbons (Fsp3) is 0.0588. The highest BCUT2D eigenvalue weighted by atomic mass is 127. The summed E-state index contributed by atoms with van der Waals surface area (Å²) in [5.74, 6) is 0. The van der Waals surface area contributed by atoms with Crippen molar-refractivity contribution in [3.8, 4) is 0 Å². The molecule has 1 aliphatic rings. The zero-order valence-electron chi connectivity index (χ0n) is 10.3. The van der Waals surface area contributed by atoms with E-state index in [2.05, 4.69) is 102 Å². The monoisotopic (exact) mass is 346 g/mol. The van der Waals surface area contributed by atoms with Crippen LogP contribution in [0, 0.1) is 6.92 Å². The number of benzene rings is 1. The largest absolute Gasteiger partial charge is 0.0622 e. The van der Waals surface area contributed by atoms with Crippen LogP contribution >= 0.6 is 22.6 Å².